The first kappa shape index (κ1) is 31.5. The van der Waals surface area contributed by atoms with Gasteiger partial charge in [0.15, 0.2) is 5.82 Å². The van der Waals surface area contributed by atoms with Gasteiger partial charge >= 0.3 is 0 Å². The monoisotopic (exact) mass is 701 g/mol. The highest BCUT2D eigenvalue weighted by Crippen LogP contribution is 2.51. The molecule has 2 aromatic heterocycles. The molecule has 0 aliphatic heterocycles. The lowest BCUT2D eigenvalue weighted by Crippen LogP contribution is -2.14. The highest BCUT2D eigenvalue weighted by atomic mass is 14.9. The van der Waals surface area contributed by atoms with E-state index >= 15 is 0 Å². The van der Waals surface area contributed by atoms with Crippen LogP contribution in [0.25, 0.3) is 100 Å². The molecule has 0 spiro atoms. The SMILES string of the molecule is CC1(C)c2ccccc2-c2ccc(-c3ccc(-c4cc(-c5ccc6c7c(cccc57)-c5ccccc5-6)nc(-c5cccc(-c6cccnc6)c5)n4)cc3)cc21. The summed E-state index contributed by atoms with van der Waals surface area (Å²) < 4.78 is 0. The van der Waals surface area contributed by atoms with Crippen LogP contribution in [0.2, 0.25) is 0 Å². The summed E-state index contributed by atoms with van der Waals surface area (Å²) in [5, 5.41) is 2.48. The normalized spacial score (nSPS) is 13.1. The largest absolute Gasteiger partial charge is 0.264 e. The minimum atomic E-state index is -0.0462. The summed E-state index contributed by atoms with van der Waals surface area (Å²) in [5.74, 6) is 0.689. The Bertz CT molecular complexity index is 2970. The van der Waals surface area contributed by atoms with Crippen molar-refractivity contribution in [3.63, 3.8) is 0 Å². The first-order chi connectivity index (χ1) is 27.0. The van der Waals surface area contributed by atoms with Crippen molar-refractivity contribution in [1.29, 1.82) is 0 Å². The Hall–Kier alpha value is -6.97. The smallest absolute Gasteiger partial charge is 0.160 e. The average molecular weight is 702 g/mol. The van der Waals surface area contributed by atoms with Gasteiger partial charge in [0.05, 0.1) is 11.4 Å². The third-order valence-corrected chi connectivity index (χ3v) is 11.8. The van der Waals surface area contributed by atoms with Crippen molar-refractivity contribution in [3.05, 3.63) is 187 Å². The molecule has 9 aromatic rings. The molecule has 0 amide bonds. The number of rotatable bonds is 5. The van der Waals surface area contributed by atoms with Gasteiger partial charge < -0.3 is 0 Å². The van der Waals surface area contributed by atoms with Crippen LogP contribution in [0.3, 0.4) is 0 Å². The summed E-state index contributed by atoms with van der Waals surface area (Å²) in [7, 11) is 0. The molecule has 0 radical (unpaired) electrons. The second-order valence-electron chi connectivity index (χ2n) is 15.2. The molecule has 7 aromatic carbocycles. The topological polar surface area (TPSA) is 38.7 Å². The number of hydrogen-bond donors (Lipinski definition) is 0. The average Bonchev–Trinajstić information content (AvgIpc) is 3.70. The van der Waals surface area contributed by atoms with Crippen molar-refractivity contribution in [1.82, 2.24) is 15.0 Å². The highest BCUT2D eigenvalue weighted by Gasteiger charge is 2.35. The lowest BCUT2D eigenvalue weighted by Gasteiger charge is -2.22. The van der Waals surface area contributed by atoms with E-state index in [9.17, 15) is 0 Å². The third kappa shape index (κ3) is 4.93. The van der Waals surface area contributed by atoms with Crippen LogP contribution < -0.4 is 0 Å². The Morgan fingerprint density at radius 3 is 1.80 bits per heavy atom. The fourth-order valence-electron chi connectivity index (χ4n) is 8.98. The van der Waals surface area contributed by atoms with E-state index in [2.05, 4.69) is 177 Å². The van der Waals surface area contributed by atoms with Crippen LogP contribution in [0.5, 0.6) is 0 Å². The van der Waals surface area contributed by atoms with Crippen LogP contribution in [0, 0.1) is 0 Å². The fourth-order valence-corrected chi connectivity index (χ4v) is 8.98. The van der Waals surface area contributed by atoms with Gasteiger partial charge in [-0.1, -0.05) is 153 Å². The second kappa shape index (κ2) is 12.0. The summed E-state index contributed by atoms with van der Waals surface area (Å²) in [5.41, 5.74) is 19.9. The van der Waals surface area contributed by atoms with Crippen LogP contribution in [0.4, 0.5) is 0 Å². The Morgan fingerprint density at radius 1 is 0.382 bits per heavy atom. The lowest BCUT2D eigenvalue weighted by atomic mass is 9.81. The van der Waals surface area contributed by atoms with Crippen LogP contribution >= 0.6 is 0 Å². The van der Waals surface area contributed by atoms with Gasteiger partial charge in [0.2, 0.25) is 0 Å². The number of pyridine rings is 1. The number of benzene rings is 7. The third-order valence-electron chi connectivity index (χ3n) is 11.8. The summed E-state index contributed by atoms with van der Waals surface area (Å²) in [6.45, 7) is 4.67. The van der Waals surface area contributed by atoms with E-state index < -0.39 is 0 Å². The standard InChI is InChI=1S/C52H35N3/c1-52(2)46-18-6-5-15-40(46)41-24-23-35(29-47(41)52)32-19-21-33(22-20-32)48-30-49(55-51(54-48)36-11-7-10-34(28-36)37-12-9-27-53-31-37)42-25-26-45-39-14-4-3-13-38(39)43-16-8-17-44(42)50(43)45/h3-31H,1-2H3. The van der Waals surface area contributed by atoms with Crippen molar-refractivity contribution in [2.24, 2.45) is 0 Å². The maximum absolute atomic E-state index is 5.32. The fraction of sp³-hybridized carbons (Fsp3) is 0.0577. The summed E-state index contributed by atoms with van der Waals surface area (Å²) in [6.07, 6.45) is 3.70. The van der Waals surface area contributed by atoms with E-state index in [-0.39, 0.29) is 5.41 Å². The van der Waals surface area contributed by atoms with Crippen molar-refractivity contribution in [2.45, 2.75) is 19.3 Å². The predicted octanol–water partition coefficient (Wildman–Crippen LogP) is 13.3. The summed E-state index contributed by atoms with van der Waals surface area (Å²) >= 11 is 0. The maximum Gasteiger partial charge on any atom is 0.160 e. The van der Waals surface area contributed by atoms with E-state index in [0.29, 0.717) is 5.82 Å². The highest BCUT2D eigenvalue weighted by molar-refractivity contribution is 6.18. The molecule has 3 heteroatoms. The molecule has 0 saturated heterocycles. The molecular formula is C52H35N3. The van der Waals surface area contributed by atoms with Gasteiger partial charge in [0.1, 0.15) is 0 Å². The molecule has 0 atom stereocenters. The molecule has 11 rings (SSSR count). The van der Waals surface area contributed by atoms with Crippen molar-refractivity contribution in [2.75, 3.05) is 0 Å². The Kier molecular flexibility index (Phi) is 6.90. The zero-order valence-electron chi connectivity index (χ0n) is 30.6. The summed E-state index contributed by atoms with van der Waals surface area (Å²) in [6, 6.07) is 59.2. The molecule has 2 heterocycles. The summed E-state index contributed by atoms with van der Waals surface area (Å²) in [4.78, 5) is 14.9. The van der Waals surface area contributed by atoms with E-state index in [4.69, 9.17) is 9.97 Å². The van der Waals surface area contributed by atoms with E-state index in [1.165, 1.54) is 66.4 Å². The number of aromatic nitrogens is 3. The zero-order valence-corrected chi connectivity index (χ0v) is 30.6. The minimum Gasteiger partial charge on any atom is -0.264 e. The van der Waals surface area contributed by atoms with E-state index in [1.807, 2.05) is 12.3 Å². The van der Waals surface area contributed by atoms with Crippen molar-refractivity contribution in [3.8, 4) is 89.5 Å². The lowest BCUT2D eigenvalue weighted by molar-refractivity contribution is 0.660. The molecule has 0 fully saturated rings. The van der Waals surface area contributed by atoms with Gasteiger partial charge in [-0.25, -0.2) is 9.97 Å². The second-order valence-corrected chi connectivity index (χ2v) is 15.2. The molecule has 3 nitrogen and oxygen atoms in total. The van der Waals surface area contributed by atoms with Crippen LogP contribution in [-0.2, 0) is 5.41 Å². The zero-order chi connectivity index (χ0) is 36.7. The Balaban J connectivity index is 1.04. The molecule has 55 heavy (non-hydrogen) atoms. The van der Waals surface area contributed by atoms with E-state index in [1.54, 1.807) is 6.20 Å². The predicted molar refractivity (Wildman–Crippen MR) is 227 cm³/mol. The molecule has 0 bridgehead atoms. The van der Waals surface area contributed by atoms with Crippen molar-refractivity contribution >= 4 is 10.8 Å². The maximum atomic E-state index is 5.32. The van der Waals surface area contributed by atoms with Crippen molar-refractivity contribution < 1.29 is 0 Å². The van der Waals surface area contributed by atoms with Crippen LogP contribution in [-0.4, -0.2) is 15.0 Å². The first-order valence-electron chi connectivity index (χ1n) is 18.9. The first-order valence-corrected chi connectivity index (χ1v) is 18.9. The molecule has 258 valence electrons. The number of nitrogens with zero attached hydrogens (tertiary/aromatic N) is 3. The van der Waals surface area contributed by atoms with Gasteiger partial charge in [-0.05, 0) is 96.2 Å². The quantitative estimate of drug-likeness (QED) is 0.179. The molecule has 0 saturated carbocycles. The van der Waals surface area contributed by atoms with Gasteiger partial charge in [0.25, 0.3) is 0 Å². The molecule has 2 aliphatic rings. The van der Waals surface area contributed by atoms with Gasteiger partial charge in [-0.15, -0.1) is 0 Å². The van der Waals surface area contributed by atoms with E-state index in [0.717, 1.165) is 39.2 Å². The van der Waals surface area contributed by atoms with Gasteiger partial charge in [-0.3, -0.25) is 4.98 Å². The molecule has 0 N–H and O–H groups in total. The van der Waals surface area contributed by atoms with Crippen LogP contribution in [0.15, 0.2) is 176 Å². The Labute approximate surface area is 320 Å². The Morgan fingerprint density at radius 2 is 0.982 bits per heavy atom. The van der Waals surface area contributed by atoms with Gasteiger partial charge in [0, 0.05) is 40.1 Å². The van der Waals surface area contributed by atoms with Crippen LogP contribution in [0.1, 0.15) is 25.0 Å². The molecular weight excluding hydrogens is 667 g/mol. The molecule has 0 unspecified atom stereocenters. The minimum absolute atomic E-state index is 0.0462. The van der Waals surface area contributed by atoms with Gasteiger partial charge in [-0.2, -0.15) is 0 Å². The molecule has 2 aliphatic carbocycles. The number of hydrogen-bond acceptors (Lipinski definition) is 3. The number of fused-ring (bicyclic) bond motifs is 6.